The summed E-state index contributed by atoms with van der Waals surface area (Å²) in [4.78, 5) is 15.2. The monoisotopic (exact) mass is 457 g/mol. The van der Waals surface area contributed by atoms with Crippen molar-refractivity contribution >= 4 is 33.3 Å². The van der Waals surface area contributed by atoms with E-state index in [1.54, 1.807) is 41.3 Å². The van der Waals surface area contributed by atoms with E-state index in [1.807, 2.05) is 44.4 Å². The van der Waals surface area contributed by atoms with Crippen LogP contribution in [0.2, 0.25) is 0 Å². The molecule has 9 heteroatoms. The largest absolute Gasteiger partial charge is 0.491 e. The molecule has 0 unspecified atom stereocenters. The third kappa shape index (κ3) is 4.25. The Morgan fingerprint density at radius 2 is 1.94 bits per heavy atom. The van der Waals surface area contributed by atoms with Crippen molar-refractivity contribution in [1.29, 1.82) is 0 Å². The van der Waals surface area contributed by atoms with E-state index < -0.39 is 0 Å². The number of hydrogen-bond acceptors (Lipinski definition) is 7. The van der Waals surface area contributed by atoms with Crippen molar-refractivity contribution in [3.63, 3.8) is 0 Å². The van der Waals surface area contributed by atoms with Gasteiger partial charge in [-0.3, -0.25) is 9.67 Å². The van der Waals surface area contributed by atoms with Crippen molar-refractivity contribution in [2.24, 2.45) is 7.05 Å². The number of aromatic nitrogens is 5. The third-order valence-electron chi connectivity index (χ3n) is 5.51. The van der Waals surface area contributed by atoms with Gasteiger partial charge in [0.15, 0.2) is 5.82 Å². The Labute approximate surface area is 196 Å². The van der Waals surface area contributed by atoms with Crippen LogP contribution in [0.4, 0.5) is 15.9 Å². The van der Waals surface area contributed by atoms with Gasteiger partial charge in [-0.15, -0.1) is 0 Å². The zero-order valence-corrected chi connectivity index (χ0v) is 19.2. The number of benzene rings is 2. The lowest BCUT2D eigenvalue weighted by molar-refractivity contribution is 0.264. The molecule has 0 aliphatic rings. The molecule has 0 amide bonds. The van der Waals surface area contributed by atoms with Gasteiger partial charge in [-0.25, -0.2) is 14.4 Å². The normalized spacial score (nSPS) is 11.4. The maximum Gasteiger partial charge on any atom is 0.156 e. The van der Waals surface area contributed by atoms with Gasteiger partial charge in [-0.1, -0.05) is 0 Å². The molecule has 0 atom stereocenters. The number of fused-ring (bicyclic) bond motifs is 2. The third-order valence-corrected chi connectivity index (χ3v) is 5.51. The Bertz CT molecular complexity index is 1480. The van der Waals surface area contributed by atoms with Crippen molar-refractivity contribution in [3.05, 3.63) is 67.1 Å². The van der Waals surface area contributed by atoms with E-state index in [9.17, 15) is 0 Å². The van der Waals surface area contributed by atoms with Gasteiger partial charge in [0, 0.05) is 36.9 Å². The number of anilines is 2. The Morgan fingerprint density at radius 1 is 1.06 bits per heavy atom. The summed E-state index contributed by atoms with van der Waals surface area (Å²) >= 11 is 0. The molecule has 0 bridgehead atoms. The summed E-state index contributed by atoms with van der Waals surface area (Å²) in [7, 11) is 5.85. The minimum atomic E-state index is -0.389. The molecule has 5 aromatic rings. The van der Waals surface area contributed by atoms with Crippen LogP contribution in [-0.2, 0) is 7.05 Å². The molecule has 0 saturated heterocycles. The summed E-state index contributed by atoms with van der Waals surface area (Å²) in [6.07, 6.45) is 6.83. The van der Waals surface area contributed by atoms with Crippen LogP contribution in [0.15, 0.2) is 61.3 Å². The van der Waals surface area contributed by atoms with E-state index in [0.29, 0.717) is 45.7 Å². The van der Waals surface area contributed by atoms with Crippen molar-refractivity contribution < 1.29 is 9.13 Å². The fraction of sp³-hybridized carbons (Fsp3) is 0.200. The zero-order chi connectivity index (χ0) is 23.7. The van der Waals surface area contributed by atoms with Gasteiger partial charge in [-0.05, 0) is 56.1 Å². The summed E-state index contributed by atoms with van der Waals surface area (Å²) in [5, 5.41) is 8.54. The van der Waals surface area contributed by atoms with Gasteiger partial charge >= 0.3 is 0 Å². The summed E-state index contributed by atoms with van der Waals surface area (Å²) in [5.41, 5.74) is 3.45. The molecular formula is C25H24FN7O. The lowest BCUT2D eigenvalue weighted by atomic mass is 10.1. The molecular weight excluding hydrogens is 433 g/mol. The van der Waals surface area contributed by atoms with Gasteiger partial charge in [-0.2, -0.15) is 5.10 Å². The number of nitrogens with one attached hydrogen (secondary N) is 1. The number of pyridine rings is 1. The highest BCUT2D eigenvalue weighted by atomic mass is 19.1. The molecule has 0 spiro atoms. The minimum Gasteiger partial charge on any atom is -0.491 e. The molecule has 1 N–H and O–H groups in total. The lowest BCUT2D eigenvalue weighted by Gasteiger charge is -2.16. The number of nitrogens with zero attached hydrogens (tertiary/aromatic N) is 6. The highest BCUT2D eigenvalue weighted by molar-refractivity contribution is 5.99. The average Bonchev–Trinajstić information content (AvgIpc) is 3.27. The molecule has 0 saturated carbocycles. The second-order valence-electron chi connectivity index (χ2n) is 8.27. The van der Waals surface area contributed by atoms with Gasteiger partial charge in [0.05, 0.1) is 28.3 Å². The first-order valence-electron chi connectivity index (χ1n) is 10.8. The standard InChI is InChI=1S/C25H24FN7O/c1-32(2)9-10-34-22-12-16(17-13-30-33(3)14-17)11-21-23(22)25(29-15-28-21)31-20-7-6-19-18(24(20)26)5-4-8-27-19/h4-8,11-15H,9-10H2,1-3H3,(H,28,29,31). The highest BCUT2D eigenvalue weighted by Crippen LogP contribution is 2.37. The SMILES string of the molecule is CN(C)CCOc1cc(-c2cnn(C)c2)cc2ncnc(Nc3ccc4ncccc4c3F)c12. The second kappa shape index (κ2) is 9.03. The van der Waals surface area contributed by atoms with Crippen molar-refractivity contribution in [1.82, 2.24) is 29.6 Å². The van der Waals surface area contributed by atoms with Crippen LogP contribution in [0.25, 0.3) is 32.9 Å². The summed E-state index contributed by atoms with van der Waals surface area (Å²) < 4.78 is 23.2. The zero-order valence-electron chi connectivity index (χ0n) is 19.2. The maximum absolute atomic E-state index is 15.2. The van der Waals surface area contributed by atoms with Crippen LogP contribution in [0, 0.1) is 5.82 Å². The molecule has 5 rings (SSSR count). The number of aryl methyl sites for hydroxylation is 1. The fourth-order valence-corrected chi connectivity index (χ4v) is 3.78. The van der Waals surface area contributed by atoms with Crippen LogP contribution in [0.5, 0.6) is 5.75 Å². The average molecular weight is 458 g/mol. The topological polar surface area (TPSA) is 81.0 Å². The van der Waals surface area contributed by atoms with E-state index in [1.165, 1.54) is 6.33 Å². The number of ether oxygens (including phenoxy) is 1. The Kier molecular flexibility index (Phi) is 5.77. The lowest BCUT2D eigenvalue weighted by Crippen LogP contribution is -2.19. The molecule has 34 heavy (non-hydrogen) atoms. The summed E-state index contributed by atoms with van der Waals surface area (Å²) in [6, 6.07) is 10.8. The molecule has 0 aliphatic heterocycles. The molecule has 0 radical (unpaired) electrons. The van der Waals surface area contributed by atoms with E-state index >= 15 is 4.39 Å². The van der Waals surface area contributed by atoms with E-state index in [-0.39, 0.29) is 5.82 Å². The Morgan fingerprint density at radius 3 is 2.74 bits per heavy atom. The van der Waals surface area contributed by atoms with E-state index in [4.69, 9.17) is 4.74 Å². The van der Waals surface area contributed by atoms with E-state index in [0.717, 1.165) is 17.7 Å². The first-order valence-corrected chi connectivity index (χ1v) is 10.8. The number of hydrogen-bond donors (Lipinski definition) is 1. The molecule has 3 aromatic heterocycles. The smallest absolute Gasteiger partial charge is 0.156 e. The maximum atomic E-state index is 15.2. The quantitative estimate of drug-likeness (QED) is 0.388. The fourth-order valence-electron chi connectivity index (χ4n) is 3.78. The highest BCUT2D eigenvalue weighted by Gasteiger charge is 2.16. The summed E-state index contributed by atoms with van der Waals surface area (Å²) in [5.74, 6) is 0.688. The molecule has 0 fully saturated rings. The number of likely N-dealkylation sites (N-methyl/N-ethyl adjacent to an activating group) is 1. The first-order chi connectivity index (χ1) is 16.5. The molecule has 2 aromatic carbocycles. The van der Waals surface area contributed by atoms with Crippen molar-refractivity contribution in [2.45, 2.75) is 0 Å². The number of rotatable bonds is 7. The van der Waals surface area contributed by atoms with Gasteiger partial charge in [0.1, 0.15) is 24.5 Å². The molecule has 172 valence electrons. The van der Waals surface area contributed by atoms with Crippen molar-refractivity contribution in [3.8, 4) is 16.9 Å². The minimum absolute atomic E-state index is 0.302. The summed E-state index contributed by atoms with van der Waals surface area (Å²) in [6.45, 7) is 1.21. The van der Waals surface area contributed by atoms with Crippen LogP contribution >= 0.6 is 0 Å². The Balaban J connectivity index is 1.61. The molecule has 8 nitrogen and oxygen atoms in total. The Hall–Kier alpha value is -4.11. The van der Waals surface area contributed by atoms with Gasteiger partial charge in [0.25, 0.3) is 0 Å². The predicted octanol–water partition coefficient (Wildman–Crippen LogP) is 4.40. The number of halogens is 1. The second-order valence-corrected chi connectivity index (χ2v) is 8.27. The van der Waals surface area contributed by atoms with Crippen LogP contribution in [0.3, 0.4) is 0 Å². The van der Waals surface area contributed by atoms with Gasteiger partial charge < -0.3 is 15.0 Å². The van der Waals surface area contributed by atoms with Crippen LogP contribution in [0.1, 0.15) is 0 Å². The van der Waals surface area contributed by atoms with E-state index in [2.05, 4.69) is 25.4 Å². The van der Waals surface area contributed by atoms with Crippen molar-refractivity contribution in [2.75, 3.05) is 32.6 Å². The predicted molar refractivity (Wildman–Crippen MR) is 131 cm³/mol. The molecule has 0 aliphatic carbocycles. The molecule has 3 heterocycles. The van der Waals surface area contributed by atoms with Crippen LogP contribution in [-0.4, -0.2) is 56.9 Å². The van der Waals surface area contributed by atoms with Gasteiger partial charge in [0.2, 0.25) is 0 Å². The van der Waals surface area contributed by atoms with Crippen LogP contribution < -0.4 is 10.1 Å². The first kappa shape index (κ1) is 21.7.